The number of ketones is 1. The van der Waals surface area contributed by atoms with E-state index in [-0.39, 0.29) is 12.2 Å². The first kappa shape index (κ1) is 14.9. The van der Waals surface area contributed by atoms with E-state index in [0.717, 1.165) is 5.56 Å². The summed E-state index contributed by atoms with van der Waals surface area (Å²) in [4.78, 5) is 11.3. The van der Waals surface area contributed by atoms with Crippen LogP contribution in [0.5, 0.6) is 0 Å². The molecular weight excluding hydrogens is 248 g/mol. The molecule has 0 fully saturated rings. The van der Waals surface area contributed by atoms with Gasteiger partial charge in [-0.1, -0.05) is 26.0 Å². The van der Waals surface area contributed by atoms with E-state index in [2.05, 4.69) is 13.8 Å². The number of hydrogen-bond acceptors (Lipinski definition) is 3. The van der Waals surface area contributed by atoms with Gasteiger partial charge in [0.2, 0.25) is 0 Å². The predicted octanol–water partition coefficient (Wildman–Crippen LogP) is 2.95. The van der Waals surface area contributed by atoms with Crippen LogP contribution in [0.2, 0.25) is 0 Å². The van der Waals surface area contributed by atoms with Crippen molar-refractivity contribution in [2.24, 2.45) is 0 Å². The molecule has 0 aliphatic carbocycles. The molecule has 0 aliphatic rings. The van der Waals surface area contributed by atoms with Crippen molar-refractivity contribution in [2.75, 3.05) is 0 Å². The predicted molar refractivity (Wildman–Crippen MR) is 72.5 cm³/mol. The molecule has 4 heteroatoms. The highest BCUT2D eigenvalue weighted by molar-refractivity contribution is 7.92. The number of rotatable bonds is 5. The molecule has 0 aliphatic heterocycles. The summed E-state index contributed by atoms with van der Waals surface area (Å²) >= 11 is 0. The standard InChI is InChI=1S/C14H20O3S/c1-10(2)13-5-7-14(8-6-13)18(16,17)12(4)9-11(3)15/h5-8,10,12H,9H2,1-4H3. The molecule has 1 aromatic carbocycles. The third kappa shape index (κ3) is 3.42. The monoisotopic (exact) mass is 268 g/mol. The summed E-state index contributed by atoms with van der Waals surface area (Å²) in [7, 11) is -3.40. The molecule has 0 heterocycles. The Kier molecular flexibility index (Phi) is 4.68. The smallest absolute Gasteiger partial charge is 0.181 e. The van der Waals surface area contributed by atoms with E-state index in [4.69, 9.17) is 0 Å². The van der Waals surface area contributed by atoms with Crippen molar-refractivity contribution in [1.29, 1.82) is 0 Å². The molecule has 0 saturated carbocycles. The highest BCUT2D eigenvalue weighted by Crippen LogP contribution is 2.21. The summed E-state index contributed by atoms with van der Waals surface area (Å²) in [6, 6.07) is 6.92. The molecule has 0 radical (unpaired) electrons. The normalized spacial score (nSPS) is 13.6. The second-order valence-electron chi connectivity index (χ2n) is 4.99. The summed E-state index contributed by atoms with van der Waals surface area (Å²) in [5.41, 5.74) is 1.10. The van der Waals surface area contributed by atoms with Crippen LogP contribution in [0.25, 0.3) is 0 Å². The van der Waals surface area contributed by atoms with E-state index in [1.807, 2.05) is 12.1 Å². The Bertz CT molecular complexity index is 512. The van der Waals surface area contributed by atoms with E-state index < -0.39 is 15.1 Å². The fourth-order valence-electron chi connectivity index (χ4n) is 1.79. The minimum Gasteiger partial charge on any atom is -0.300 e. The van der Waals surface area contributed by atoms with Gasteiger partial charge in [-0.2, -0.15) is 0 Å². The number of benzene rings is 1. The van der Waals surface area contributed by atoms with Crippen molar-refractivity contribution in [2.45, 2.75) is 50.2 Å². The Morgan fingerprint density at radius 2 is 1.61 bits per heavy atom. The molecule has 0 aromatic heterocycles. The lowest BCUT2D eigenvalue weighted by molar-refractivity contribution is -0.116. The lowest BCUT2D eigenvalue weighted by Crippen LogP contribution is -2.20. The molecule has 1 rings (SSSR count). The Labute approximate surface area is 109 Å². The number of sulfone groups is 1. The molecule has 0 bridgehead atoms. The highest BCUT2D eigenvalue weighted by atomic mass is 32.2. The van der Waals surface area contributed by atoms with Gasteiger partial charge in [0.25, 0.3) is 0 Å². The zero-order valence-corrected chi connectivity index (χ0v) is 12.1. The fourth-order valence-corrected chi connectivity index (χ4v) is 3.22. The maximum atomic E-state index is 12.2. The van der Waals surface area contributed by atoms with Crippen molar-refractivity contribution in [3.63, 3.8) is 0 Å². The Hall–Kier alpha value is -1.16. The molecule has 1 atom stereocenters. The fraction of sp³-hybridized carbons (Fsp3) is 0.500. The van der Waals surface area contributed by atoms with E-state index >= 15 is 0 Å². The van der Waals surface area contributed by atoms with Crippen LogP contribution in [-0.4, -0.2) is 19.5 Å². The van der Waals surface area contributed by atoms with Gasteiger partial charge < -0.3 is 0 Å². The van der Waals surface area contributed by atoms with Gasteiger partial charge in [-0.05, 0) is 37.5 Å². The maximum absolute atomic E-state index is 12.2. The SMILES string of the molecule is CC(=O)CC(C)S(=O)(=O)c1ccc(C(C)C)cc1. The van der Waals surface area contributed by atoms with Crippen molar-refractivity contribution < 1.29 is 13.2 Å². The zero-order valence-electron chi connectivity index (χ0n) is 11.3. The van der Waals surface area contributed by atoms with Crippen LogP contribution in [0.4, 0.5) is 0 Å². The first-order valence-corrected chi connectivity index (χ1v) is 7.63. The topological polar surface area (TPSA) is 51.2 Å². The molecule has 1 unspecified atom stereocenters. The second kappa shape index (κ2) is 5.65. The van der Waals surface area contributed by atoms with Gasteiger partial charge in [-0.15, -0.1) is 0 Å². The molecule has 100 valence electrons. The quantitative estimate of drug-likeness (QED) is 0.825. The Morgan fingerprint density at radius 3 is 2.00 bits per heavy atom. The van der Waals surface area contributed by atoms with Crippen LogP contribution in [-0.2, 0) is 14.6 Å². The molecule has 0 N–H and O–H groups in total. The van der Waals surface area contributed by atoms with E-state index in [1.54, 1.807) is 19.1 Å². The Morgan fingerprint density at radius 1 is 1.11 bits per heavy atom. The van der Waals surface area contributed by atoms with E-state index in [9.17, 15) is 13.2 Å². The van der Waals surface area contributed by atoms with Gasteiger partial charge in [0.05, 0.1) is 10.1 Å². The van der Waals surface area contributed by atoms with Crippen molar-refractivity contribution in [3.8, 4) is 0 Å². The first-order chi connectivity index (χ1) is 8.25. The van der Waals surface area contributed by atoms with E-state index in [0.29, 0.717) is 10.8 Å². The van der Waals surface area contributed by atoms with Crippen LogP contribution in [0.1, 0.15) is 45.6 Å². The number of Topliss-reactive ketones (excluding diaryl/α,β-unsaturated/α-hetero) is 1. The van der Waals surface area contributed by atoms with Crippen LogP contribution in [0.3, 0.4) is 0 Å². The lowest BCUT2D eigenvalue weighted by atomic mass is 10.0. The summed E-state index contributed by atoms with van der Waals surface area (Å²) in [6.45, 7) is 7.10. The summed E-state index contributed by atoms with van der Waals surface area (Å²) in [5, 5.41) is -0.667. The van der Waals surface area contributed by atoms with Gasteiger partial charge in [-0.25, -0.2) is 8.42 Å². The van der Waals surface area contributed by atoms with Crippen molar-refractivity contribution >= 4 is 15.6 Å². The molecular formula is C14H20O3S. The van der Waals surface area contributed by atoms with Gasteiger partial charge in [-0.3, -0.25) is 4.79 Å². The average molecular weight is 268 g/mol. The van der Waals surface area contributed by atoms with Gasteiger partial charge in [0.1, 0.15) is 5.78 Å². The minimum atomic E-state index is -3.40. The van der Waals surface area contributed by atoms with Crippen LogP contribution in [0.15, 0.2) is 29.2 Å². The summed E-state index contributed by atoms with van der Waals surface area (Å²) < 4.78 is 24.4. The minimum absolute atomic E-state index is 0.0638. The summed E-state index contributed by atoms with van der Waals surface area (Å²) in [6.07, 6.45) is 0.0638. The number of carbonyl (C=O) groups is 1. The van der Waals surface area contributed by atoms with Crippen LogP contribution < -0.4 is 0 Å². The first-order valence-electron chi connectivity index (χ1n) is 6.08. The molecule has 18 heavy (non-hydrogen) atoms. The maximum Gasteiger partial charge on any atom is 0.181 e. The zero-order chi connectivity index (χ0) is 13.9. The Balaban J connectivity index is 3.02. The molecule has 1 aromatic rings. The largest absolute Gasteiger partial charge is 0.300 e. The van der Waals surface area contributed by atoms with Crippen molar-refractivity contribution in [3.05, 3.63) is 29.8 Å². The molecule has 3 nitrogen and oxygen atoms in total. The van der Waals surface area contributed by atoms with Crippen LogP contribution >= 0.6 is 0 Å². The molecule has 0 spiro atoms. The van der Waals surface area contributed by atoms with Gasteiger partial charge in [0, 0.05) is 6.42 Å². The molecule has 0 saturated heterocycles. The summed E-state index contributed by atoms with van der Waals surface area (Å²) in [5.74, 6) is 0.265. The number of carbonyl (C=O) groups excluding carboxylic acids is 1. The average Bonchev–Trinajstić information content (AvgIpc) is 2.28. The number of hydrogen-bond donors (Lipinski definition) is 0. The van der Waals surface area contributed by atoms with Crippen molar-refractivity contribution in [1.82, 2.24) is 0 Å². The highest BCUT2D eigenvalue weighted by Gasteiger charge is 2.24. The lowest BCUT2D eigenvalue weighted by Gasteiger charge is -2.12. The van der Waals surface area contributed by atoms with Gasteiger partial charge >= 0.3 is 0 Å². The second-order valence-corrected chi connectivity index (χ2v) is 7.35. The van der Waals surface area contributed by atoms with E-state index in [1.165, 1.54) is 6.92 Å². The third-order valence-corrected chi connectivity index (χ3v) is 5.14. The van der Waals surface area contributed by atoms with Crippen LogP contribution in [0, 0.1) is 0 Å². The molecule has 0 amide bonds. The van der Waals surface area contributed by atoms with Gasteiger partial charge in [0.15, 0.2) is 9.84 Å². The third-order valence-electron chi connectivity index (χ3n) is 2.98.